The van der Waals surface area contributed by atoms with Gasteiger partial charge < -0.3 is 10.1 Å². The van der Waals surface area contributed by atoms with Crippen molar-refractivity contribution in [1.82, 2.24) is 5.32 Å². The van der Waals surface area contributed by atoms with Crippen LogP contribution in [0.5, 0.6) is 0 Å². The first-order valence-electron chi connectivity index (χ1n) is 7.54. The van der Waals surface area contributed by atoms with E-state index in [1.165, 1.54) is 12.1 Å². The molecule has 7 heteroatoms. The molecule has 0 bridgehead atoms. The Labute approximate surface area is 135 Å². The molecule has 0 spiro atoms. The molecule has 1 aromatic rings. The van der Waals surface area contributed by atoms with Gasteiger partial charge in [-0.25, -0.2) is 4.79 Å². The van der Waals surface area contributed by atoms with Crippen LogP contribution in [-0.2, 0) is 23.8 Å². The highest BCUT2D eigenvalue weighted by atomic mass is 32.2. The number of hydrogen-bond acceptors (Lipinski definition) is 6. The molecule has 23 heavy (non-hydrogen) atoms. The number of aryl methyl sites for hydroxylation is 1. The molecular formula is C16H19NO5S. The molecule has 6 nitrogen and oxygen atoms in total. The van der Waals surface area contributed by atoms with Crippen molar-refractivity contribution in [3.8, 4) is 0 Å². The Bertz CT molecular complexity index is 738. The van der Waals surface area contributed by atoms with Crippen LogP contribution in [0.25, 0.3) is 0 Å². The molecule has 3 rings (SSSR count). The van der Waals surface area contributed by atoms with E-state index in [9.17, 15) is 13.2 Å². The van der Waals surface area contributed by atoms with E-state index in [-0.39, 0.29) is 30.0 Å². The topological polar surface area (TPSA) is 91.6 Å². The lowest BCUT2D eigenvalue weighted by Gasteiger charge is -2.20. The van der Waals surface area contributed by atoms with Gasteiger partial charge in [0.25, 0.3) is 10.1 Å². The molecule has 2 aliphatic rings. The molecule has 1 aromatic carbocycles. The predicted molar refractivity (Wildman–Crippen MR) is 83.3 cm³/mol. The molecule has 1 fully saturated rings. The van der Waals surface area contributed by atoms with Crippen molar-refractivity contribution in [3.05, 3.63) is 41.5 Å². The van der Waals surface area contributed by atoms with Gasteiger partial charge in [0.15, 0.2) is 0 Å². The zero-order valence-electron chi connectivity index (χ0n) is 13.0. The van der Waals surface area contributed by atoms with E-state index in [2.05, 4.69) is 5.32 Å². The lowest BCUT2D eigenvalue weighted by Crippen LogP contribution is -2.30. The zero-order chi connectivity index (χ0) is 16.6. The lowest BCUT2D eigenvalue weighted by atomic mass is 9.97. The predicted octanol–water partition coefficient (Wildman–Crippen LogP) is 1.30. The number of nitrogens with one attached hydrogen (secondary N) is 1. The van der Waals surface area contributed by atoms with Crippen LogP contribution in [0.15, 0.2) is 40.8 Å². The van der Waals surface area contributed by atoms with Crippen LogP contribution < -0.4 is 5.32 Å². The van der Waals surface area contributed by atoms with Crippen LogP contribution >= 0.6 is 0 Å². The molecule has 1 aliphatic heterocycles. The summed E-state index contributed by atoms with van der Waals surface area (Å²) >= 11 is 0. The molecule has 124 valence electrons. The second-order valence-corrected chi connectivity index (χ2v) is 7.31. The van der Waals surface area contributed by atoms with E-state index in [0.717, 1.165) is 5.56 Å². The summed E-state index contributed by atoms with van der Waals surface area (Å²) in [6.07, 6.45) is 1.41. The Hall–Kier alpha value is -1.70. The number of fused-ring (bicyclic) bond motifs is 1. The maximum Gasteiger partial charge on any atom is 0.333 e. The summed E-state index contributed by atoms with van der Waals surface area (Å²) in [7, 11) is -3.86. The summed E-state index contributed by atoms with van der Waals surface area (Å²) in [6.45, 7) is 3.90. The normalized spacial score (nSPS) is 26.2. The summed E-state index contributed by atoms with van der Waals surface area (Å²) < 4.78 is 35.1. The van der Waals surface area contributed by atoms with Crippen LogP contribution in [0.4, 0.5) is 0 Å². The van der Waals surface area contributed by atoms with Gasteiger partial charge >= 0.3 is 5.97 Å². The van der Waals surface area contributed by atoms with Crippen LogP contribution in [0.1, 0.15) is 18.9 Å². The molecule has 0 aromatic heterocycles. The third-order valence-electron chi connectivity index (χ3n) is 3.96. The highest BCUT2D eigenvalue weighted by Crippen LogP contribution is 2.33. The van der Waals surface area contributed by atoms with E-state index in [0.29, 0.717) is 5.57 Å². The first-order chi connectivity index (χ1) is 10.9. The first-order valence-corrected chi connectivity index (χ1v) is 8.95. The van der Waals surface area contributed by atoms with Crippen molar-refractivity contribution in [2.75, 3.05) is 6.61 Å². The van der Waals surface area contributed by atoms with E-state index in [1.807, 2.05) is 6.92 Å². The quantitative estimate of drug-likeness (QED) is 0.495. The molecular weight excluding hydrogens is 318 g/mol. The average Bonchev–Trinajstić information content (AvgIpc) is 3.27. The largest absolute Gasteiger partial charge is 0.463 e. The van der Waals surface area contributed by atoms with E-state index in [4.69, 9.17) is 8.92 Å². The van der Waals surface area contributed by atoms with Crippen molar-refractivity contribution in [2.45, 2.75) is 43.4 Å². The monoisotopic (exact) mass is 337 g/mol. The second kappa shape index (κ2) is 6.07. The van der Waals surface area contributed by atoms with Crippen LogP contribution in [-0.4, -0.2) is 39.2 Å². The van der Waals surface area contributed by atoms with Crippen molar-refractivity contribution in [3.63, 3.8) is 0 Å². The van der Waals surface area contributed by atoms with Gasteiger partial charge in [0.2, 0.25) is 0 Å². The van der Waals surface area contributed by atoms with Gasteiger partial charge in [0.1, 0.15) is 0 Å². The SMILES string of the molecule is CCOC(=O)C1=C[C@@H]2N[C@@H]2C(OS(=O)(=O)c2ccc(C)cc2)C1. The third-order valence-corrected chi connectivity index (χ3v) is 5.31. The number of carbonyl (C=O) groups excluding carboxylic acids is 1. The van der Waals surface area contributed by atoms with E-state index >= 15 is 0 Å². The molecule has 1 N–H and O–H groups in total. The number of ether oxygens (including phenoxy) is 1. The highest BCUT2D eigenvalue weighted by Gasteiger charge is 2.48. The average molecular weight is 337 g/mol. The van der Waals surface area contributed by atoms with E-state index in [1.54, 1.807) is 25.1 Å². The number of rotatable bonds is 5. The fourth-order valence-corrected chi connectivity index (χ4v) is 3.77. The number of carbonyl (C=O) groups is 1. The summed E-state index contributed by atoms with van der Waals surface area (Å²) in [5.74, 6) is -0.416. The molecule has 1 unspecified atom stereocenters. The lowest BCUT2D eigenvalue weighted by molar-refractivity contribution is -0.139. The summed E-state index contributed by atoms with van der Waals surface area (Å²) in [5, 5.41) is 3.12. The fourth-order valence-electron chi connectivity index (χ4n) is 2.68. The van der Waals surface area contributed by atoms with Crippen molar-refractivity contribution >= 4 is 16.1 Å². The van der Waals surface area contributed by atoms with Gasteiger partial charge in [-0.15, -0.1) is 0 Å². The van der Waals surface area contributed by atoms with Crippen LogP contribution in [0.2, 0.25) is 0 Å². The minimum atomic E-state index is -3.86. The molecule has 0 radical (unpaired) electrons. The molecule has 1 heterocycles. The fraction of sp³-hybridized carbons (Fsp3) is 0.438. The number of benzene rings is 1. The summed E-state index contributed by atoms with van der Waals surface area (Å²) in [4.78, 5) is 12.0. The molecule has 3 atom stereocenters. The zero-order valence-corrected chi connectivity index (χ0v) is 13.8. The standard InChI is InChI=1S/C16H19NO5S/c1-3-21-16(18)11-8-13-15(17-13)14(9-11)22-23(19,20)12-6-4-10(2)5-7-12/h4-8,13-15,17H,3,9H2,1-2H3/t13-,14?,15-/m0/s1. The maximum atomic E-state index is 12.4. The molecule has 0 amide bonds. The van der Waals surface area contributed by atoms with Gasteiger partial charge in [-0.2, -0.15) is 8.42 Å². The van der Waals surface area contributed by atoms with Gasteiger partial charge in [0, 0.05) is 18.0 Å². The molecule has 1 aliphatic carbocycles. The number of hydrogen-bond donors (Lipinski definition) is 1. The number of esters is 1. The molecule has 1 saturated heterocycles. The van der Waals surface area contributed by atoms with Crippen LogP contribution in [0, 0.1) is 6.92 Å². The van der Waals surface area contributed by atoms with Gasteiger partial charge in [0.05, 0.1) is 23.6 Å². The smallest absolute Gasteiger partial charge is 0.333 e. The van der Waals surface area contributed by atoms with Gasteiger partial charge in [-0.3, -0.25) is 4.18 Å². The Morgan fingerprint density at radius 1 is 1.30 bits per heavy atom. The highest BCUT2D eigenvalue weighted by molar-refractivity contribution is 7.86. The van der Waals surface area contributed by atoms with Crippen LogP contribution in [0.3, 0.4) is 0 Å². The summed E-state index contributed by atoms with van der Waals surface area (Å²) in [5.41, 5.74) is 1.43. The Kier molecular flexibility index (Phi) is 4.27. The molecule has 0 saturated carbocycles. The van der Waals surface area contributed by atoms with Gasteiger partial charge in [-0.1, -0.05) is 23.8 Å². The minimum absolute atomic E-state index is 0.0265. The first kappa shape index (κ1) is 16.2. The Morgan fingerprint density at radius 2 is 2.00 bits per heavy atom. The minimum Gasteiger partial charge on any atom is -0.463 e. The van der Waals surface area contributed by atoms with Crippen molar-refractivity contribution in [1.29, 1.82) is 0 Å². The maximum absolute atomic E-state index is 12.4. The second-order valence-electron chi connectivity index (χ2n) is 5.74. The third kappa shape index (κ3) is 3.46. The Morgan fingerprint density at radius 3 is 2.65 bits per heavy atom. The van der Waals surface area contributed by atoms with Crippen molar-refractivity contribution < 1.29 is 22.1 Å². The van der Waals surface area contributed by atoms with Gasteiger partial charge in [-0.05, 0) is 26.0 Å². The van der Waals surface area contributed by atoms with Crippen molar-refractivity contribution in [2.24, 2.45) is 0 Å². The van der Waals surface area contributed by atoms with E-state index < -0.39 is 22.2 Å². The summed E-state index contributed by atoms with van der Waals surface area (Å²) in [6, 6.07) is 6.38. The Balaban J connectivity index is 1.74.